The van der Waals surface area contributed by atoms with Crippen molar-refractivity contribution in [3.63, 3.8) is 0 Å². The van der Waals surface area contributed by atoms with Crippen molar-refractivity contribution in [3.8, 4) is 0 Å². The molecule has 0 aliphatic heterocycles. The van der Waals surface area contributed by atoms with Crippen LogP contribution in [0.15, 0.2) is 0 Å². The summed E-state index contributed by atoms with van der Waals surface area (Å²) in [5.41, 5.74) is 0. The second kappa shape index (κ2) is 52.9. The van der Waals surface area contributed by atoms with Crippen LogP contribution in [0.25, 0.3) is 0 Å². The second-order valence-electron chi connectivity index (χ2n) is 12.7. The molecule has 0 saturated heterocycles. The largest absolute Gasteiger partial charge is 3.00 e. The molecule has 0 rings (SSSR count). The van der Waals surface area contributed by atoms with Gasteiger partial charge in [0.15, 0.2) is 0 Å². The number of hydrogen-bond donors (Lipinski definition) is 0. The standard InChI is InChI=1S/3C12H25O3P.Fe/c3*1-2-3-4-5-6-7-8-9-10-11-12-15-16(13)14;/h3*2-12H2,1H3;/q;;;+3. The molecule has 0 bridgehead atoms. The predicted octanol–water partition coefficient (Wildman–Crippen LogP) is 11.8. The van der Waals surface area contributed by atoms with Crippen LogP contribution in [0.2, 0.25) is 0 Å². The molecule has 13 heteroatoms. The van der Waals surface area contributed by atoms with Crippen molar-refractivity contribution in [3.05, 3.63) is 0 Å². The van der Waals surface area contributed by atoms with Crippen LogP contribution in [0.4, 0.5) is 0 Å². The Balaban J connectivity index is -0.000000307. The molecule has 0 amide bonds. The fourth-order valence-corrected chi connectivity index (χ4v) is 6.02. The van der Waals surface area contributed by atoms with Gasteiger partial charge in [0.25, 0.3) is 0 Å². The van der Waals surface area contributed by atoms with Gasteiger partial charge in [0, 0.05) is 0 Å². The van der Waals surface area contributed by atoms with Crippen molar-refractivity contribution in [1.82, 2.24) is 0 Å². The van der Waals surface area contributed by atoms with E-state index in [-0.39, 0.29) is 17.1 Å². The summed E-state index contributed by atoms with van der Waals surface area (Å²) in [5.74, 6) is 0. The molecule has 293 valence electrons. The van der Waals surface area contributed by atoms with Crippen LogP contribution in [0.5, 0.6) is 0 Å². The summed E-state index contributed by atoms with van der Waals surface area (Å²) in [4.78, 5) is 30.2. The van der Waals surface area contributed by atoms with Crippen LogP contribution in [0.3, 0.4) is 0 Å². The van der Waals surface area contributed by atoms with Gasteiger partial charge in [-0.3, -0.25) is 0 Å². The number of hydrogen-bond acceptors (Lipinski definition) is 9. The van der Waals surface area contributed by atoms with Gasteiger partial charge in [-0.25, -0.2) is 0 Å². The Morgan fingerprint density at radius 2 is 0.449 bits per heavy atom. The minimum Gasteiger partial charge on any atom is -0.566 e. The first kappa shape index (κ1) is 56.3. The first-order valence-corrected chi connectivity index (χ1v) is 22.9. The van der Waals surface area contributed by atoms with Gasteiger partial charge in [-0.2, -0.15) is 0 Å². The van der Waals surface area contributed by atoms with Crippen molar-refractivity contribution >= 4 is 24.8 Å². The maximum atomic E-state index is 10.1. The molecular weight excluding hydrogens is 725 g/mol. The molecule has 0 aromatic rings. The van der Waals surface area contributed by atoms with Crippen LogP contribution in [-0.2, 0) is 44.3 Å². The molecule has 0 aromatic heterocycles. The first-order valence-electron chi connectivity index (χ1n) is 19.6. The Morgan fingerprint density at radius 3 is 0.592 bits per heavy atom. The van der Waals surface area contributed by atoms with E-state index in [0.29, 0.717) is 19.8 Å². The molecule has 49 heavy (non-hydrogen) atoms. The molecule has 0 spiro atoms. The van der Waals surface area contributed by atoms with Gasteiger partial charge in [-0.15, -0.1) is 13.6 Å². The number of rotatable bonds is 36. The summed E-state index contributed by atoms with van der Waals surface area (Å²) < 4.78 is 43.6. The van der Waals surface area contributed by atoms with Gasteiger partial charge in [0.1, 0.15) is 19.8 Å². The van der Waals surface area contributed by atoms with Gasteiger partial charge >= 0.3 is 41.8 Å². The fourth-order valence-electron chi connectivity index (χ4n) is 5.19. The van der Waals surface area contributed by atoms with E-state index < -0.39 is 24.8 Å². The molecule has 0 N–H and O–H groups in total. The maximum Gasteiger partial charge on any atom is 3.00 e. The average Bonchev–Trinajstić information content (AvgIpc) is 3.05. The van der Waals surface area contributed by atoms with Crippen molar-refractivity contribution < 1.29 is 59.0 Å². The van der Waals surface area contributed by atoms with E-state index in [9.17, 15) is 28.4 Å². The van der Waals surface area contributed by atoms with Crippen LogP contribution >= 0.6 is 24.8 Å². The molecule has 0 fully saturated rings. The van der Waals surface area contributed by atoms with Gasteiger partial charge in [-0.1, -0.05) is 194 Å². The molecule has 0 saturated carbocycles. The van der Waals surface area contributed by atoms with Gasteiger partial charge in [0.05, 0.1) is 0 Å². The molecule has 0 heterocycles. The van der Waals surface area contributed by atoms with Crippen molar-refractivity contribution in [2.24, 2.45) is 0 Å². The molecular formula is C36H75FeO9P3+3. The summed E-state index contributed by atoms with van der Waals surface area (Å²) in [6, 6.07) is 0. The Morgan fingerprint density at radius 1 is 0.306 bits per heavy atom. The smallest absolute Gasteiger partial charge is 0.566 e. The summed E-state index contributed by atoms with van der Waals surface area (Å²) in [5, 5.41) is 0. The van der Waals surface area contributed by atoms with Gasteiger partial charge in [-0.05, 0) is 33.0 Å². The summed E-state index contributed by atoms with van der Waals surface area (Å²) >= 11 is 0. The Kier molecular flexibility index (Phi) is 60.8. The molecule has 3 atom stereocenters. The molecule has 1 radical (unpaired) electrons. The Bertz CT molecular complexity index is 580. The zero-order chi connectivity index (χ0) is 36.2. The second-order valence-corrected chi connectivity index (χ2v) is 14.8. The van der Waals surface area contributed by atoms with E-state index in [2.05, 4.69) is 34.3 Å². The average molecular weight is 801 g/mol. The van der Waals surface area contributed by atoms with E-state index in [1.165, 1.54) is 154 Å². The molecule has 0 aromatic carbocycles. The van der Waals surface area contributed by atoms with E-state index in [1.807, 2.05) is 0 Å². The summed E-state index contributed by atoms with van der Waals surface area (Å²) in [6.07, 6.45) is 37.5. The third kappa shape index (κ3) is 67.3. The molecule has 0 aliphatic rings. The Hall–Kier alpha value is 0.579. The Labute approximate surface area is 315 Å². The first-order chi connectivity index (χ1) is 23.3. The van der Waals surface area contributed by atoms with Crippen LogP contribution < -0.4 is 14.7 Å². The topological polar surface area (TPSA) is 148 Å². The van der Waals surface area contributed by atoms with Crippen LogP contribution in [0.1, 0.15) is 213 Å². The van der Waals surface area contributed by atoms with E-state index in [0.717, 1.165) is 38.5 Å². The van der Waals surface area contributed by atoms with Crippen molar-refractivity contribution in [2.75, 3.05) is 19.8 Å². The normalized spacial score (nSPS) is 11.5. The maximum absolute atomic E-state index is 10.1. The van der Waals surface area contributed by atoms with Gasteiger partial charge in [0.2, 0.25) is 0 Å². The van der Waals surface area contributed by atoms with Crippen molar-refractivity contribution in [1.29, 1.82) is 0 Å². The summed E-state index contributed by atoms with van der Waals surface area (Å²) in [7, 11) is -7.91. The van der Waals surface area contributed by atoms with E-state index in [1.54, 1.807) is 0 Å². The van der Waals surface area contributed by atoms with Gasteiger partial charge < -0.3 is 14.7 Å². The monoisotopic (exact) mass is 800 g/mol. The predicted molar refractivity (Wildman–Crippen MR) is 196 cm³/mol. The molecule has 9 nitrogen and oxygen atoms in total. The van der Waals surface area contributed by atoms with E-state index in [4.69, 9.17) is 0 Å². The van der Waals surface area contributed by atoms with E-state index >= 15 is 0 Å². The molecule has 3 unspecified atom stereocenters. The zero-order valence-corrected chi connectivity index (χ0v) is 35.5. The zero-order valence-electron chi connectivity index (χ0n) is 31.7. The minimum absolute atomic E-state index is 0. The fraction of sp³-hybridized carbons (Fsp3) is 1.00. The molecule has 0 aliphatic carbocycles. The minimum atomic E-state index is -2.64. The quantitative estimate of drug-likeness (QED) is 0.0343. The van der Waals surface area contributed by atoms with Crippen molar-refractivity contribution in [2.45, 2.75) is 213 Å². The van der Waals surface area contributed by atoms with Crippen LogP contribution in [0, 0.1) is 0 Å². The summed E-state index contributed by atoms with van der Waals surface area (Å²) in [6.45, 7) is 7.77. The third-order valence-corrected chi connectivity index (χ3v) is 9.26. The van der Waals surface area contributed by atoms with Crippen LogP contribution in [-0.4, -0.2) is 19.8 Å². The third-order valence-electron chi connectivity index (χ3n) is 8.08. The number of unbranched alkanes of at least 4 members (excludes halogenated alkanes) is 27. The SMILES string of the molecule is CCCCCCCCCCCCO[P+](=O)[O-].CCCCCCCCCCCCO[P+](=O)[O-].CCCCCCCCCCCCO[P+](=O)[O-].[Fe+3].